The van der Waals surface area contributed by atoms with E-state index in [2.05, 4.69) is 4.90 Å². The van der Waals surface area contributed by atoms with Crippen LogP contribution in [0.15, 0.2) is 42.5 Å². The van der Waals surface area contributed by atoms with E-state index in [0.717, 1.165) is 29.8 Å². The third kappa shape index (κ3) is 3.26. The van der Waals surface area contributed by atoms with Crippen LogP contribution in [0.1, 0.15) is 23.5 Å². The third-order valence-electron chi connectivity index (χ3n) is 3.98. The lowest BCUT2D eigenvalue weighted by Gasteiger charge is -2.34. The zero-order valence-electron chi connectivity index (χ0n) is 12.7. The van der Waals surface area contributed by atoms with Crippen molar-refractivity contribution in [1.29, 1.82) is 0 Å². The molecule has 0 N–H and O–H groups in total. The van der Waals surface area contributed by atoms with Crippen LogP contribution in [0.25, 0.3) is 0 Å². The zero-order valence-corrected chi connectivity index (χ0v) is 13.5. The number of nitrogens with zero attached hydrogens (tertiary/aromatic N) is 1. The van der Waals surface area contributed by atoms with Crippen LogP contribution in [0.4, 0.5) is 4.39 Å². The maximum atomic E-state index is 13.7. The minimum Gasteiger partial charge on any atom is -0.489 e. The lowest BCUT2D eigenvalue weighted by Crippen LogP contribution is -2.35. The summed E-state index contributed by atoms with van der Waals surface area (Å²) in [6, 6.07) is 12.6. The van der Waals surface area contributed by atoms with E-state index in [0.29, 0.717) is 5.02 Å². The highest BCUT2D eigenvalue weighted by molar-refractivity contribution is 6.30. The number of ether oxygens (including phenoxy) is 1. The van der Waals surface area contributed by atoms with E-state index < -0.39 is 0 Å². The maximum absolute atomic E-state index is 13.7. The molecule has 0 saturated carbocycles. The summed E-state index contributed by atoms with van der Waals surface area (Å²) in [5, 5.41) is 0.708. The first kappa shape index (κ1) is 15.3. The van der Waals surface area contributed by atoms with Gasteiger partial charge in [0.15, 0.2) is 0 Å². The van der Waals surface area contributed by atoms with E-state index in [9.17, 15) is 4.39 Å². The van der Waals surface area contributed by atoms with E-state index in [1.807, 2.05) is 38.4 Å². The van der Waals surface area contributed by atoms with Gasteiger partial charge in [-0.3, -0.25) is 0 Å². The van der Waals surface area contributed by atoms with E-state index in [4.69, 9.17) is 16.3 Å². The van der Waals surface area contributed by atoms with Gasteiger partial charge in [0.05, 0.1) is 0 Å². The molecule has 0 aromatic heterocycles. The summed E-state index contributed by atoms with van der Waals surface area (Å²) in [7, 11) is 4.06. The summed E-state index contributed by atoms with van der Waals surface area (Å²) >= 11 is 5.98. The molecule has 116 valence electrons. The molecule has 0 amide bonds. The van der Waals surface area contributed by atoms with E-state index in [-0.39, 0.29) is 17.8 Å². The number of likely N-dealkylation sites (N-methyl/N-ethyl adjacent to an activating group) is 1. The number of halogens is 2. The van der Waals surface area contributed by atoms with Gasteiger partial charge in [0, 0.05) is 23.0 Å². The first-order valence-corrected chi connectivity index (χ1v) is 7.77. The van der Waals surface area contributed by atoms with Crippen LogP contribution >= 0.6 is 11.6 Å². The van der Waals surface area contributed by atoms with Gasteiger partial charge in [-0.2, -0.15) is 0 Å². The Morgan fingerprint density at radius 3 is 2.59 bits per heavy atom. The van der Waals surface area contributed by atoms with Crippen LogP contribution in [-0.2, 0) is 0 Å². The Morgan fingerprint density at radius 1 is 1.18 bits per heavy atom. The fourth-order valence-electron chi connectivity index (χ4n) is 3.05. The van der Waals surface area contributed by atoms with E-state index >= 15 is 0 Å². The molecule has 0 saturated heterocycles. The smallest absolute Gasteiger partial charge is 0.123 e. The number of hydrogen-bond acceptors (Lipinski definition) is 2. The van der Waals surface area contributed by atoms with Crippen molar-refractivity contribution >= 4 is 11.6 Å². The number of hydrogen-bond donors (Lipinski definition) is 0. The molecule has 22 heavy (non-hydrogen) atoms. The molecular weight excluding hydrogens is 301 g/mol. The molecule has 2 aromatic rings. The normalized spacial score (nSPS) is 20.6. The lowest BCUT2D eigenvalue weighted by molar-refractivity contribution is 0.130. The van der Waals surface area contributed by atoms with Crippen LogP contribution in [0.5, 0.6) is 5.75 Å². The predicted molar refractivity (Wildman–Crippen MR) is 87.3 cm³/mol. The largest absolute Gasteiger partial charge is 0.489 e. The minimum absolute atomic E-state index is 0.0913. The van der Waals surface area contributed by atoms with Crippen LogP contribution in [0.3, 0.4) is 0 Å². The van der Waals surface area contributed by atoms with Crippen molar-refractivity contribution in [2.24, 2.45) is 0 Å². The SMILES string of the molecule is CN(C)CC1CC(c2ccc(Cl)cc2)c2cc(F)ccc2O1. The van der Waals surface area contributed by atoms with Crippen molar-refractivity contribution in [3.8, 4) is 5.75 Å². The van der Waals surface area contributed by atoms with Gasteiger partial charge in [-0.25, -0.2) is 4.39 Å². The molecule has 0 bridgehead atoms. The Bertz CT molecular complexity index is 657. The molecule has 3 rings (SSSR count). The molecule has 1 aliphatic rings. The molecule has 0 aliphatic carbocycles. The zero-order chi connectivity index (χ0) is 15.7. The van der Waals surface area contributed by atoms with E-state index in [1.54, 1.807) is 12.1 Å². The first-order chi connectivity index (χ1) is 10.5. The van der Waals surface area contributed by atoms with Crippen molar-refractivity contribution in [1.82, 2.24) is 4.90 Å². The van der Waals surface area contributed by atoms with Gasteiger partial charge in [-0.1, -0.05) is 23.7 Å². The van der Waals surface area contributed by atoms with Gasteiger partial charge in [-0.15, -0.1) is 0 Å². The Morgan fingerprint density at radius 2 is 1.91 bits per heavy atom. The average Bonchev–Trinajstić information content (AvgIpc) is 2.47. The topological polar surface area (TPSA) is 12.5 Å². The molecule has 2 nitrogen and oxygen atoms in total. The summed E-state index contributed by atoms with van der Waals surface area (Å²) in [4.78, 5) is 2.11. The molecule has 0 fully saturated rings. The van der Waals surface area contributed by atoms with Crippen molar-refractivity contribution in [3.05, 3.63) is 64.4 Å². The highest BCUT2D eigenvalue weighted by Crippen LogP contribution is 2.41. The van der Waals surface area contributed by atoms with Gasteiger partial charge in [0.25, 0.3) is 0 Å². The van der Waals surface area contributed by atoms with Gasteiger partial charge in [0.2, 0.25) is 0 Å². The Labute approximate surface area is 135 Å². The van der Waals surface area contributed by atoms with Crippen LogP contribution in [0, 0.1) is 5.82 Å². The van der Waals surface area contributed by atoms with Crippen molar-refractivity contribution in [3.63, 3.8) is 0 Å². The van der Waals surface area contributed by atoms with Gasteiger partial charge >= 0.3 is 0 Å². The third-order valence-corrected chi connectivity index (χ3v) is 4.23. The molecule has 2 aromatic carbocycles. The predicted octanol–water partition coefficient (Wildman–Crippen LogP) is 4.32. The van der Waals surface area contributed by atoms with Gasteiger partial charge in [-0.05, 0) is 56.4 Å². The monoisotopic (exact) mass is 319 g/mol. The highest BCUT2D eigenvalue weighted by atomic mass is 35.5. The van der Waals surface area contributed by atoms with Gasteiger partial charge < -0.3 is 9.64 Å². The molecule has 1 heterocycles. The summed E-state index contributed by atoms with van der Waals surface area (Å²) in [6.07, 6.45) is 0.921. The standard InChI is InChI=1S/C18H19ClFNO/c1-21(2)11-15-10-16(12-3-5-13(19)6-4-12)17-9-14(20)7-8-18(17)22-15/h3-9,15-16H,10-11H2,1-2H3. The second kappa shape index (κ2) is 6.27. The van der Waals surface area contributed by atoms with Crippen LogP contribution in [0.2, 0.25) is 5.02 Å². The number of fused-ring (bicyclic) bond motifs is 1. The summed E-state index contributed by atoms with van der Waals surface area (Å²) in [5.74, 6) is 0.675. The quantitative estimate of drug-likeness (QED) is 0.835. The maximum Gasteiger partial charge on any atom is 0.123 e. The van der Waals surface area contributed by atoms with Gasteiger partial charge in [0.1, 0.15) is 17.7 Å². The Balaban J connectivity index is 1.99. The summed E-state index contributed by atoms with van der Waals surface area (Å²) in [6.45, 7) is 0.834. The molecular formula is C18H19ClFNO. The van der Waals surface area contributed by atoms with Crippen molar-refractivity contribution < 1.29 is 9.13 Å². The molecule has 2 atom stereocenters. The van der Waals surface area contributed by atoms with Crippen LogP contribution in [-0.4, -0.2) is 31.6 Å². The Kier molecular flexibility index (Phi) is 4.37. The van der Waals surface area contributed by atoms with E-state index in [1.165, 1.54) is 6.07 Å². The number of benzene rings is 2. The summed E-state index contributed by atoms with van der Waals surface area (Å²) in [5.41, 5.74) is 2.06. The van der Waals surface area contributed by atoms with Crippen molar-refractivity contribution in [2.75, 3.05) is 20.6 Å². The minimum atomic E-state index is -0.229. The lowest BCUT2D eigenvalue weighted by atomic mass is 9.84. The molecule has 1 aliphatic heterocycles. The highest BCUT2D eigenvalue weighted by Gasteiger charge is 2.30. The molecule has 0 spiro atoms. The first-order valence-electron chi connectivity index (χ1n) is 7.39. The summed E-state index contributed by atoms with van der Waals surface area (Å²) < 4.78 is 19.7. The van der Waals surface area contributed by atoms with Crippen LogP contribution < -0.4 is 4.74 Å². The Hall–Kier alpha value is -1.58. The fourth-order valence-corrected chi connectivity index (χ4v) is 3.17. The molecule has 0 radical (unpaired) electrons. The molecule has 4 heteroatoms. The average molecular weight is 320 g/mol. The second-order valence-corrected chi connectivity index (χ2v) is 6.46. The fraction of sp³-hybridized carbons (Fsp3) is 0.333. The molecule has 2 unspecified atom stereocenters. The number of rotatable bonds is 3. The van der Waals surface area contributed by atoms with Crippen molar-refractivity contribution in [2.45, 2.75) is 18.4 Å². The second-order valence-electron chi connectivity index (χ2n) is 6.02.